The molecule has 29 heavy (non-hydrogen) atoms. The van der Waals surface area contributed by atoms with Crippen molar-refractivity contribution in [2.75, 3.05) is 0 Å². The van der Waals surface area contributed by atoms with Crippen molar-refractivity contribution in [3.05, 3.63) is 0 Å². The lowest BCUT2D eigenvalue weighted by Crippen LogP contribution is -2.31. The summed E-state index contributed by atoms with van der Waals surface area (Å²) in [5.74, 6) is 8.19. The molecule has 1 nitrogen and oxygen atoms in total. The minimum atomic E-state index is 0.767. The third kappa shape index (κ3) is 7.86. The monoisotopic (exact) mass is 407 g/mol. The fraction of sp³-hybridized carbons (Fsp3) is 1.00. The van der Waals surface area contributed by atoms with Crippen molar-refractivity contribution in [3.63, 3.8) is 0 Å². The minimum absolute atomic E-state index is 0.767. The Morgan fingerprint density at radius 1 is 0.586 bits per heavy atom. The topological polar surface area (TPSA) is 21.9 Å². The molecule has 1 fully saturated rings. The summed E-state index contributed by atoms with van der Waals surface area (Å²) in [6.07, 6.45) is 5.44. The normalized spacial score (nSPS) is 29.8. The molecule has 1 heteroatoms. The molecule has 1 aliphatic rings. The number of rotatable bonds is 14. The molecule has 1 N–H and O–H groups in total. The Labute approximate surface area is 185 Å². The molecule has 174 valence electrons. The Morgan fingerprint density at radius 2 is 0.966 bits per heavy atom. The van der Waals surface area contributed by atoms with E-state index in [0.29, 0.717) is 0 Å². The van der Waals surface area contributed by atoms with Gasteiger partial charge in [0.2, 0.25) is 0 Å². The molecule has 0 aromatic carbocycles. The Bertz CT molecular complexity index is 446. The van der Waals surface area contributed by atoms with Crippen LogP contribution in [0.3, 0.4) is 0 Å². The zero-order valence-corrected chi connectivity index (χ0v) is 22.3. The quantitative estimate of drug-likeness (QED) is 0.287. The van der Waals surface area contributed by atoms with Gasteiger partial charge >= 0.3 is 0 Å². The van der Waals surface area contributed by atoms with Crippen molar-refractivity contribution < 1.29 is 0 Å². The standard InChI is InChI=1S/C28H57N/c1-13-17(2)21(6)25(10)26(11)24(9)20(5)16-19(4)23(8)22(7)18(3)14-15-28-27(12)29-28/h17-29H,13-16H2,1-12H3. The highest BCUT2D eigenvalue weighted by Gasteiger charge is 2.33. The van der Waals surface area contributed by atoms with Gasteiger partial charge in [0.05, 0.1) is 0 Å². The van der Waals surface area contributed by atoms with E-state index in [-0.39, 0.29) is 0 Å². The summed E-state index contributed by atoms with van der Waals surface area (Å²) in [6, 6.07) is 1.57. The molecule has 0 spiro atoms. The predicted octanol–water partition coefficient (Wildman–Crippen LogP) is 8.29. The van der Waals surface area contributed by atoms with Crippen LogP contribution in [0.4, 0.5) is 0 Å². The van der Waals surface area contributed by atoms with Crippen LogP contribution in [-0.2, 0) is 0 Å². The van der Waals surface area contributed by atoms with Gasteiger partial charge in [-0.2, -0.15) is 0 Å². The van der Waals surface area contributed by atoms with Gasteiger partial charge in [-0.3, -0.25) is 0 Å². The van der Waals surface area contributed by atoms with Gasteiger partial charge in [-0.1, -0.05) is 82.6 Å². The molecule has 12 unspecified atom stereocenters. The predicted molar refractivity (Wildman–Crippen MR) is 132 cm³/mol. The van der Waals surface area contributed by atoms with Gasteiger partial charge in [-0.15, -0.1) is 0 Å². The average molecular weight is 408 g/mol. The fourth-order valence-corrected chi connectivity index (χ4v) is 5.74. The largest absolute Gasteiger partial charge is 0.308 e. The Kier molecular flexibility index (Phi) is 11.3. The minimum Gasteiger partial charge on any atom is -0.308 e. The first-order valence-electron chi connectivity index (χ1n) is 13.2. The second-order valence-electron chi connectivity index (χ2n) is 11.8. The number of nitrogens with one attached hydrogen (secondary N) is 1. The van der Waals surface area contributed by atoms with Crippen LogP contribution >= 0.6 is 0 Å². The smallest absolute Gasteiger partial charge is 0.0221 e. The van der Waals surface area contributed by atoms with Gasteiger partial charge in [0.1, 0.15) is 0 Å². The van der Waals surface area contributed by atoms with Crippen LogP contribution in [0.25, 0.3) is 0 Å². The van der Waals surface area contributed by atoms with E-state index in [2.05, 4.69) is 88.4 Å². The third-order valence-corrected chi connectivity index (χ3v) is 10.2. The maximum atomic E-state index is 3.55. The molecule has 0 amide bonds. The van der Waals surface area contributed by atoms with Crippen molar-refractivity contribution in [1.82, 2.24) is 5.32 Å². The molecule has 1 heterocycles. The van der Waals surface area contributed by atoms with E-state index in [9.17, 15) is 0 Å². The molecule has 0 bridgehead atoms. The Balaban J connectivity index is 2.51. The maximum Gasteiger partial charge on any atom is 0.0221 e. The lowest BCUT2D eigenvalue weighted by molar-refractivity contribution is 0.113. The van der Waals surface area contributed by atoms with E-state index in [1.54, 1.807) is 0 Å². The Morgan fingerprint density at radius 3 is 1.38 bits per heavy atom. The molecule has 0 aromatic heterocycles. The second-order valence-corrected chi connectivity index (χ2v) is 11.8. The third-order valence-electron chi connectivity index (χ3n) is 10.2. The van der Waals surface area contributed by atoms with Crippen molar-refractivity contribution in [3.8, 4) is 0 Å². The van der Waals surface area contributed by atoms with Gasteiger partial charge in [0, 0.05) is 12.1 Å². The maximum absolute atomic E-state index is 3.55. The molecule has 0 aliphatic carbocycles. The van der Waals surface area contributed by atoms with E-state index < -0.39 is 0 Å². The number of hydrogen-bond acceptors (Lipinski definition) is 1. The van der Waals surface area contributed by atoms with Gasteiger partial charge in [0.25, 0.3) is 0 Å². The van der Waals surface area contributed by atoms with E-state index in [0.717, 1.165) is 71.3 Å². The summed E-state index contributed by atoms with van der Waals surface area (Å²) < 4.78 is 0. The first-order valence-corrected chi connectivity index (χ1v) is 13.2. The van der Waals surface area contributed by atoms with E-state index in [4.69, 9.17) is 0 Å². The number of hydrogen-bond donors (Lipinski definition) is 1. The molecule has 1 aliphatic heterocycles. The van der Waals surface area contributed by atoms with Crippen LogP contribution in [0.5, 0.6) is 0 Å². The van der Waals surface area contributed by atoms with Crippen molar-refractivity contribution in [2.24, 2.45) is 59.2 Å². The summed E-state index contributed by atoms with van der Waals surface area (Å²) >= 11 is 0. The van der Waals surface area contributed by atoms with Crippen LogP contribution in [0.15, 0.2) is 0 Å². The van der Waals surface area contributed by atoms with Gasteiger partial charge < -0.3 is 5.32 Å². The van der Waals surface area contributed by atoms with Crippen LogP contribution < -0.4 is 5.32 Å². The van der Waals surface area contributed by atoms with Gasteiger partial charge in [-0.05, 0) is 85.4 Å². The summed E-state index contributed by atoms with van der Waals surface area (Å²) in [5, 5.41) is 3.55. The Hall–Kier alpha value is -0.0400. The molecule has 0 saturated carbocycles. The summed E-state index contributed by atoms with van der Waals surface area (Å²) in [5.41, 5.74) is 0. The second kappa shape index (κ2) is 12.1. The van der Waals surface area contributed by atoms with Gasteiger partial charge in [0.15, 0.2) is 0 Å². The first-order chi connectivity index (χ1) is 13.4. The first kappa shape index (κ1) is 27.0. The zero-order valence-electron chi connectivity index (χ0n) is 22.3. The summed E-state index contributed by atoms with van der Waals surface area (Å²) in [7, 11) is 0. The van der Waals surface area contributed by atoms with Crippen molar-refractivity contribution >= 4 is 0 Å². The van der Waals surface area contributed by atoms with Crippen LogP contribution in [-0.4, -0.2) is 12.1 Å². The molecule has 0 aromatic rings. The van der Waals surface area contributed by atoms with Crippen molar-refractivity contribution in [1.29, 1.82) is 0 Å². The lowest BCUT2D eigenvalue weighted by Gasteiger charge is -2.38. The lowest BCUT2D eigenvalue weighted by atomic mass is 9.68. The van der Waals surface area contributed by atoms with Gasteiger partial charge in [-0.25, -0.2) is 0 Å². The van der Waals surface area contributed by atoms with Crippen LogP contribution in [0.2, 0.25) is 0 Å². The molecule has 12 atom stereocenters. The molecule has 1 rings (SSSR count). The summed E-state index contributed by atoms with van der Waals surface area (Å²) in [4.78, 5) is 0. The highest BCUT2D eigenvalue weighted by molar-refractivity contribution is 4.94. The fourth-order valence-electron chi connectivity index (χ4n) is 5.74. The van der Waals surface area contributed by atoms with Crippen LogP contribution in [0, 0.1) is 59.2 Å². The van der Waals surface area contributed by atoms with Crippen molar-refractivity contribution in [2.45, 2.75) is 121 Å². The highest BCUT2D eigenvalue weighted by Crippen LogP contribution is 2.39. The van der Waals surface area contributed by atoms with E-state index in [1.165, 1.54) is 25.7 Å². The van der Waals surface area contributed by atoms with E-state index in [1.807, 2.05) is 0 Å². The highest BCUT2D eigenvalue weighted by atomic mass is 15.1. The van der Waals surface area contributed by atoms with E-state index >= 15 is 0 Å². The molecule has 0 radical (unpaired) electrons. The SMILES string of the molecule is CCC(C)C(C)C(C)C(C)C(C)C(C)CC(C)C(C)C(C)C(C)CCC1NC1C. The molecular weight excluding hydrogens is 350 g/mol. The molecular formula is C28H57N. The average Bonchev–Trinajstić information content (AvgIpc) is 3.42. The molecule has 1 saturated heterocycles. The summed E-state index contributed by atoms with van der Waals surface area (Å²) in [6.45, 7) is 29.7. The zero-order chi connectivity index (χ0) is 22.5. The van der Waals surface area contributed by atoms with Crippen LogP contribution in [0.1, 0.15) is 109 Å².